The van der Waals surface area contributed by atoms with Crippen LogP contribution in [0.5, 0.6) is 0 Å². The fraction of sp³-hybridized carbons (Fsp3) is 0.438. The van der Waals surface area contributed by atoms with Crippen LogP contribution in [0.3, 0.4) is 0 Å². The zero-order valence-electron chi connectivity index (χ0n) is 23.5. The normalized spacial score (nSPS) is 28.2. The van der Waals surface area contributed by atoms with Gasteiger partial charge in [-0.2, -0.15) is 5.26 Å². The Labute approximate surface area is 244 Å². The zero-order valence-corrected chi connectivity index (χ0v) is 23.3. The predicted molar refractivity (Wildman–Crippen MR) is 156 cm³/mol. The Bertz CT molecular complexity index is 1700. The number of hydrogen-bond donors (Lipinski definition) is 2. The van der Waals surface area contributed by atoms with E-state index in [1.807, 2.05) is 6.07 Å². The number of benzene rings is 2. The second kappa shape index (κ2) is 9.70. The fourth-order valence-electron chi connectivity index (χ4n) is 7.85. The van der Waals surface area contributed by atoms with Gasteiger partial charge in [0.25, 0.3) is 0 Å². The van der Waals surface area contributed by atoms with Gasteiger partial charge >= 0.3 is 0 Å². The zero-order chi connectivity index (χ0) is 28.6. The molecule has 2 aromatic heterocycles. The Kier molecular flexibility index (Phi) is 5.66. The number of aromatic nitrogens is 4. The van der Waals surface area contributed by atoms with Crippen LogP contribution in [-0.2, 0) is 0 Å². The molecule has 0 unspecified atom stereocenters. The van der Waals surface area contributed by atoms with Gasteiger partial charge < -0.3 is 10.6 Å². The number of anilines is 2. The smallest absolute Gasteiger partial charge is 0.123 e. The molecule has 0 spiro atoms. The quantitative estimate of drug-likeness (QED) is 0.244. The largest absolute Gasteiger partial charge is 0.380 e. The van der Waals surface area contributed by atoms with Crippen LogP contribution >= 0.6 is 11.6 Å². The van der Waals surface area contributed by atoms with E-state index in [0.29, 0.717) is 57.0 Å². The maximum Gasteiger partial charge on any atom is 0.123 e. The SMILES string of the molecule is [2H][C@](Nc1cc(Cl)c2ncc(C#N)c(NC3C4CC5CC(C4)CC3C5)c2c1)(c1ccc(F)cc1)c1cn(C2CC2)nn1. The fourth-order valence-corrected chi connectivity index (χ4v) is 8.12. The minimum absolute atomic E-state index is 0.299. The van der Waals surface area contributed by atoms with Gasteiger partial charge in [0, 0.05) is 23.3 Å². The van der Waals surface area contributed by atoms with Gasteiger partial charge in [-0.3, -0.25) is 4.98 Å². The van der Waals surface area contributed by atoms with Gasteiger partial charge in [0.05, 0.1) is 41.4 Å². The van der Waals surface area contributed by atoms with Crippen molar-refractivity contribution in [2.75, 3.05) is 10.6 Å². The minimum Gasteiger partial charge on any atom is -0.380 e. The molecule has 5 fully saturated rings. The second-order valence-corrected chi connectivity index (χ2v) is 12.8. The summed E-state index contributed by atoms with van der Waals surface area (Å²) in [6.45, 7) is 0. The van der Waals surface area contributed by atoms with Gasteiger partial charge in [0.2, 0.25) is 0 Å². The number of rotatable bonds is 7. The molecule has 2 aromatic carbocycles. The highest BCUT2D eigenvalue weighted by Gasteiger charge is 2.48. The molecular weight excluding hydrogens is 537 g/mol. The Morgan fingerprint density at radius 1 is 1.07 bits per heavy atom. The molecule has 0 radical (unpaired) electrons. The van der Waals surface area contributed by atoms with Gasteiger partial charge in [-0.1, -0.05) is 28.9 Å². The topological polar surface area (TPSA) is 91.5 Å². The van der Waals surface area contributed by atoms with Crippen molar-refractivity contribution in [3.8, 4) is 6.07 Å². The highest BCUT2D eigenvalue weighted by molar-refractivity contribution is 6.35. The third-order valence-electron chi connectivity index (χ3n) is 9.67. The lowest BCUT2D eigenvalue weighted by atomic mass is 9.54. The average molecular weight is 569 g/mol. The van der Waals surface area contributed by atoms with E-state index in [9.17, 15) is 11.0 Å². The Hall–Kier alpha value is -3.70. The maximum atomic E-state index is 13.9. The molecule has 5 aliphatic carbocycles. The Balaban J connectivity index is 1.21. The van der Waals surface area contributed by atoms with E-state index in [0.717, 1.165) is 35.8 Å². The van der Waals surface area contributed by atoms with Gasteiger partial charge in [-0.25, -0.2) is 9.07 Å². The van der Waals surface area contributed by atoms with E-state index in [1.54, 1.807) is 35.3 Å². The molecule has 7 nitrogen and oxygen atoms in total. The van der Waals surface area contributed by atoms with Crippen molar-refractivity contribution in [1.82, 2.24) is 20.0 Å². The van der Waals surface area contributed by atoms with E-state index in [2.05, 4.69) is 32.0 Å². The van der Waals surface area contributed by atoms with Gasteiger partial charge in [-0.15, -0.1) is 5.10 Å². The third kappa shape index (κ3) is 4.51. The van der Waals surface area contributed by atoms with Crippen molar-refractivity contribution in [3.63, 3.8) is 0 Å². The lowest BCUT2D eigenvalue weighted by Gasteiger charge is -2.54. The number of halogens is 2. The molecule has 5 saturated carbocycles. The molecule has 41 heavy (non-hydrogen) atoms. The number of hydrogen-bond acceptors (Lipinski definition) is 6. The highest BCUT2D eigenvalue weighted by Crippen LogP contribution is 2.54. The first-order valence-corrected chi connectivity index (χ1v) is 15.0. The number of fused-ring (bicyclic) bond motifs is 1. The summed E-state index contributed by atoms with van der Waals surface area (Å²) in [5.74, 6) is 2.53. The summed E-state index contributed by atoms with van der Waals surface area (Å²) in [4.78, 5) is 4.55. The molecule has 0 saturated heterocycles. The van der Waals surface area contributed by atoms with Crippen molar-refractivity contribution < 1.29 is 5.76 Å². The Morgan fingerprint density at radius 3 is 2.49 bits per heavy atom. The van der Waals surface area contributed by atoms with E-state index in [4.69, 9.17) is 11.6 Å². The molecule has 9 rings (SSSR count). The molecule has 208 valence electrons. The second-order valence-electron chi connectivity index (χ2n) is 12.4. The van der Waals surface area contributed by atoms with Gasteiger partial charge in [-0.05, 0) is 98.4 Å². The molecule has 9 heteroatoms. The summed E-state index contributed by atoms with van der Waals surface area (Å²) in [6.07, 6.45) is 11.9. The lowest BCUT2D eigenvalue weighted by Crippen LogP contribution is -2.51. The molecule has 2 N–H and O–H groups in total. The molecular formula is C32H31ClFN7. The van der Waals surface area contributed by atoms with Crippen LogP contribution < -0.4 is 10.6 Å². The van der Waals surface area contributed by atoms with Crippen molar-refractivity contribution in [2.24, 2.45) is 23.7 Å². The number of pyridine rings is 1. The molecule has 0 amide bonds. The standard InChI is InChI=1S/C32H31ClFN7/c33-27-13-24(37-31(19-1-3-23(34)4-2-19)28-16-41(40-39-28)25-5-6-25)12-26-30(22(14-35)15-36-32(26)27)38-29-20-8-17-7-18(10-20)11-21(29)9-17/h1-4,12-13,15-18,20-21,25,29,31,37H,5-11H2,(H,36,38)/t17?,18?,20?,21?,29?,31-/m0/s1/i31D. The van der Waals surface area contributed by atoms with Gasteiger partial charge in [0.1, 0.15) is 17.6 Å². The minimum atomic E-state index is -1.58. The summed E-state index contributed by atoms with van der Waals surface area (Å²) >= 11 is 6.83. The molecule has 5 aliphatic rings. The monoisotopic (exact) mass is 568 g/mol. The molecule has 2 heterocycles. The van der Waals surface area contributed by atoms with Crippen LogP contribution in [0, 0.1) is 40.8 Å². The summed E-state index contributed by atoms with van der Waals surface area (Å²) in [6, 6.07) is 10.9. The molecule has 0 aliphatic heterocycles. The number of nitriles is 1. The first-order chi connectivity index (χ1) is 20.4. The summed E-state index contributed by atoms with van der Waals surface area (Å²) in [5, 5.41) is 27.1. The predicted octanol–water partition coefficient (Wildman–Crippen LogP) is 7.26. The first kappa shape index (κ1) is 24.0. The summed E-state index contributed by atoms with van der Waals surface area (Å²) < 4.78 is 25.3. The molecule has 4 aromatic rings. The van der Waals surface area contributed by atoms with Crippen molar-refractivity contribution in [1.29, 1.82) is 5.26 Å². The van der Waals surface area contributed by atoms with Crippen molar-refractivity contribution >= 4 is 33.9 Å². The van der Waals surface area contributed by atoms with E-state index in [-0.39, 0.29) is 5.82 Å². The highest BCUT2D eigenvalue weighted by atomic mass is 35.5. The first-order valence-electron chi connectivity index (χ1n) is 15.1. The van der Waals surface area contributed by atoms with Crippen molar-refractivity contribution in [2.45, 2.75) is 63.0 Å². The van der Waals surface area contributed by atoms with E-state index >= 15 is 0 Å². The lowest BCUT2D eigenvalue weighted by molar-refractivity contribution is 0.00757. The van der Waals surface area contributed by atoms with Crippen molar-refractivity contribution in [3.05, 3.63) is 76.5 Å². The average Bonchev–Trinajstić information content (AvgIpc) is 3.70. The summed E-state index contributed by atoms with van der Waals surface area (Å²) in [7, 11) is 0. The van der Waals surface area contributed by atoms with Crippen LogP contribution in [0.15, 0.2) is 48.8 Å². The third-order valence-corrected chi connectivity index (χ3v) is 9.96. The van der Waals surface area contributed by atoms with Crippen LogP contribution in [0.4, 0.5) is 15.8 Å². The number of nitrogens with zero attached hydrogens (tertiary/aromatic N) is 5. The van der Waals surface area contributed by atoms with Crippen LogP contribution in [0.25, 0.3) is 10.9 Å². The number of nitrogens with one attached hydrogen (secondary N) is 2. The Morgan fingerprint density at radius 2 is 1.80 bits per heavy atom. The van der Waals surface area contributed by atoms with E-state index in [1.165, 1.54) is 44.2 Å². The van der Waals surface area contributed by atoms with Crippen LogP contribution in [0.1, 0.15) is 75.2 Å². The summed E-state index contributed by atoms with van der Waals surface area (Å²) in [5.41, 5.74) is 3.31. The molecule has 4 bridgehead atoms. The molecule has 1 atom stereocenters. The van der Waals surface area contributed by atoms with Gasteiger partial charge in [0.15, 0.2) is 0 Å². The van der Waals surface area contributed by atoms with E-state index < -0.39 is 6.02 Å². The van der Waals surface area contributed by atoms with Crippen LogP contribution in [0.2, 0.25) is 5.02 Å². The maximum absolute atomic E-state index is 13.9. The van der Waals surface area contributed by atoms with Crippen LogP contribution in [-0.4, -0.2) is 26.0 Å².